The zero-order chi connectivity index (χ0) is 23.9. The molecule has 2 heterocycles. The predicted molar refractivity (Wildman–Crippen MR) is 139 cm³/mol. The Morgan fingerprint density at radius 2 is 1.94 bits per heavy atom. The molecule has 1 aliphatic heterocycles. The Morgan fingerprint density at radius 1 is 1.15 bits per heavy atom. The molecule has 1 fully saturated rings. The van der Waals surface area contributed by atoms with Crippen LogP contribution >= 0.6 is 0 Å². The molecule has 1 atom stereocenters. The number of hydrogen-bond acceptors (Lipinski definition) is 5. The standard InChI is InChI=1S/C28H36N4O2/c1-20-10-11-25-26(30-20)8-5-9-27(25)34-17-14-24(21-12-15-29-16-13-21)22-6-4-7-23(18-22)31-28(33)19-32(2)3/h4-11,18,21,24,29H,12-17,19H2,1-3H3,(H,31,33). The van der Waals surface area contributed by atoms with Crippen molar-refractivity contribution < 1.29 is 9.53 Å². The predicted octanol–water partition coefficient (Wildman–Crippen LogP) is 4.60. The Hall–Kier alpha value is -2.96. The first-order chi connectivity index (χ1) is 16.5. The van der Waals surface area contributed by atoms with Gasteiger partial charge in [-0.3, -0.25) is 9.78 Å². The van der Waals surface area contributed by atoms with E-state index in [1.54, 1.807) is 0 Å². The summed E-state index contributed by atoms with van der Waals surface area (Å²) in [6, 6.07) is 18.5. The average Bonchev–Trinajstić information content (AvgIpc) is 2.82. The van der Waals surface area contributed by atoms with Gasteiger partial charge in [-0.15, -0.1) is 0 Å². The van der Waals surface area contributed by atoms with Crippen LogP contribution in [-0.2, 0) is 4.79 Å². The molecule has 2 N–H and O–H groups in total. The van der Waals surface area contributed by atoms with Crippen LogP contribution in [0.15, 0.2) is 54.6 Å². The van der Waals surface area contributed by atoms with Crippen molar-refractivity contribution in [3.63, 3.8) is 0 Å². The SMILES string of the molecule is Cc1ccc2c(OCCC(c3cccc(NC(=O)CN(C)C)c3)C3CCNCC3)cccc2n1. The van der Waals surface area contributed by atoms with Crippen LogP contribution in [-0.4, -0.2) is 56.1 Å². The lowest BCUT2D eigenvalue weighted by Crippen LogP contribution is -2.31. The van der Waals surface area contributed by atoms with E-state index in [-0.39, 0.29) is 5.91 Å². The summed E-state index contributed by atoms with van der Waals surface area (Å²) in [6.45, 7) is 5.12. The van der Waals surface area contributed by atoms with Gasteiger partial charge in [0, 0.05) is 16.8 Å². The third kappa shape index (κ3) is 6.33. The van der Waals surface area contributed by atoms with Crippen LogP contribution in [0, 0.1) is 12.8 Å². The molecule has 3 aromatic rings. The van der Waals surface area contributed by atoms with Crippen molar-refractivity contribution >= 4 is 22.5 Å². The topological polar surface area (TPSA) is 66.5 Å². The largest absolute Gasteiger partial charge is 0.493 e. The van der Waals surface area contributed by atoms with Crippen molar-refractivity contribution in [2.75, 3.05) is 45.7 Å². The van der Waals surface area contributed by atoms with Crippen LogP contribution < -0.4 is 15.4 Å². The zero-order valence-electron chi connectivity index (χ0n) is 20.5. The third-order valence-electron chi connectivity index (χ3n) is 6.53. The first-order valence-corrected chi connectivity index (χ1v) is 12.2. The molecule has 1 saturated heterocycles. The van der Waals surface area contributed by atoms with E-state index in [1.807, 2.05) is 62.3 Å². The summed E-state index contributed by atoms with van der Waals surface area (Å²) >= 11 is 0. The summed E-state index contributed by atoms with van der Waals surface area (Å²) in [5.74, 6) is 1.86. The fourth-order valence-corrected chi connectivity index (χ4v) is 4.91. The van der Waals surface area contributed by atoms with Gasteiger partial charge >= 0.3 is 0 Å². The molecular formula is C28H36N4O2. The van der Waals surface area contributed by atoms with Gasteiger partial charge in [0.25, 0.3) is 0 Å². The Bertz CT molecular complexity index is 1110. The summed E-state index contributed by atoms with van der Waals surface area (Å²) in [6.07, 6.45) is 3.23. The van der Waals surface area contributed by atoms with Gasteiger partial charge in [0.15, 0.2) is 0 Å². The van der Waals surface area contributed by atoms with E-state index in [1.165, 1.54) is 5.56 Å². The number of carbonyl (C=O) groups is 1. The smallest absolute Gasteiger partial charge is 0.238 e. The summed E-state index contributed by atoms with van der Waals surface area (Å²) in [5, 5.41) is 7.58. The van der Waals surface area contributed by atoms with Crippen LogP contribution in [0.4, 0.5) is 5.69 Å². The van der Waals surface area contributed by atoms with E-state index >= 15 is 0 Å². The highest BCUT2D eigenvalue weighted by Gasteiger charge is 2.25. The number of piperidine rings is 1. The Kier molecular flexibility index (Phi) is 8.14. The number of amides is 1. The van der Waals surface area contributed by atoms with Gasteiger partial charge in [-0.1, -0.05) is 18.2 Å². The maximum Gasteiger partial charge on any atom is 0.238 e. The van der Waals surface area contributed by atoms with Crippen LogP contribution in [0.25, 0.3) is 10.9 Å². The molecular weight excluding hydrogens is 424 g/mol. The van der Waals surface area contributed by atoms with Gasteiger partial charge in [-0.2, -0.15) is 0 Å². The highest BCUT2D eigenvalue weighted by atomic mass is 16.5. The minimum atomic E-state index is 0.00343. The van der Waals surface area contributed by atoms with Crippen molar-refractivity contribution in [2.45, 2.75) is 32.1 Å². The molecule has 1 aromatic heterocycles. The first-order valence-electron chi connectivity index (χ1n) is 12.2. The summed E-state index contributed by atoms with van der Waals surface area (Å²) in [4.78, 5) is 18.8. The Balaban J connectivity index is 1.49. The zero-order valence-corrected chi connectivity index (χ0v) is 20.5. The summed E-state index contributed by atoms with van der Waals surface area (Å²) in [5.41, 5.74) is 4.11. The molecule has 6 heteroatoms. The molecule has 0 bridgehead atoms. The Morgan fingerprint density at radius 3 is 2.74 bits per heavy atom. The van der Waals surface area contributed by atoms with Crippen molar-refractivity contribution in [3.8, 4) is 5.75 Å². The number of nitrogens with one attached hydrogen (secondary N) is 2. The second kappa shape index (κ2) is 11.4. The monoisotopic (exact) mass is 460 g/mol. The van der Waals surface area contributed by atoms with Gasteiger partial charge in [-0.25, -0.2) is 0 Å². The molecule has 34 heavy (non-hydrogen) atoms. The molecule has 0 spiro atoms. The number of hydrogen-bond donors (Lipinski definition) is 2. The number of likely N-dealkylation sites (N-methyl/N-ethyl adjacent to an activating group) is 1. The van der Waals surface area contributed by atoms with Crippen LogP contribution in [0.3, 0.4) is 0 Å². The number of nitrogens with zero attached hydrogens (tertiary/aromatic N) is 2. The van der Waals surface area contributed by atoms with Gasteiger partial charge in [0.2, 0.25) is 5.91 Å². The minimum Gasteiger partial charge on any atom is -0.493 e. The lowest BCUT2D eigenvalue weighted by atomic mass is 9.78. The lowest BCUT2D eigenvalue weighted by Gasteiger charge is -2.31. The molecule has 1 unspecified atom stereocenters. The van der Waals surface area contributed by atoms with E-state index in [9.17, 15) is 4.79 Å². The van der Waals surface area contributed by atoms with E-state index in [0.717, 1.165) is 60.4 Å². The van der Waals surface area contributed by atoms with Crippen molar-refractivity contribution in [2.24, 2.45) is 5.92 Å². The molecule has 1 aliphatic rings. The molecule has 1 amide bonds. The fraction of sp³-hybridized carbons (Fsp3) is 0.429. The molecule has 6 nitrogen and oxygen atoms in total. The lowest BCUT2D eigenvalue weighted by molar-refractivity contribution is -0.116. The number of aromatic nitrogens is 1. The van der Waals surface area contributed by atoms with Crippen molar-refractivity contribution in [3.05, 3.63) is 65.9 Å². The number of pyridine rings is 1. The van der Waals surface area contributed by atoms with E-state index in [4.69, 9.17) is 4.74 Å². The number of ether oxygens (including phenoxy) is 1. The summed E-state index contributed by atoms with van der Waals surface area (Å²) in [7, 11) is 3.80. The first kappa shape index (κ1) is 24.2. The van der Waals surface area contributed by atoms with Crippen LogP contribution in [0.1, 0.15) is 36.4 Å². The molecule has 180 valence electrons. The molecule has 2 aromatic carbocycles. The number of aryl methyl sites for hydroxylation is 1. The third-order valence-corrected chi connectivity index (χ3v) is 6.53. The maximum absolute atomic E-state index is 12.3. The van der Waals surface area contributed by atoms with Crippen LogP contribution in [0.2, 0.25) is 0 Å². The van der Waals surface area contributed by atoms with Gasteiger partial charge in [0.1, 0.15) is 5.75 Å². The highest BCUT2D eigenvalue weighted by Crippen LogP contribution is 2.35. The molecule has 0 aliphatic carbocycles. The highest BCUT2D eigenvalue weighted by molar-refractivity contribution is 5.92. The van der Waals surface area contributed by atoms with Gasteiger partial charge in [0.05, 0.1) is 18.7 Å². The molecule has 0 radical (unpaired) electrons. The average molecular weight is 461 g/mol. The number of carbonyl (C=O) groups excluding carboxylic acids is 1. The minimum absolute atomic E-state index is 0.00343. The Labute approximate surface area is 202 Å². The van der Waals surface area contributed by atoms with E-state index in [0.29, 0.717) is 25.0 Å². The fourth-order valence-electron chi connectivity index (χ4n) is 4.91. The van der Waals surface area contributed by atoms with Gasteiger partial charge < -0.3 is 20.3 Å². The maximum atomic E-state index is 12.3. The van der Waals surface area contributed by atoms with Crippen molar-refractivity contribution in [1.29, 1.82) is 0 Å². The number of fused-ring (bicyclic) bond motifs is 1. The quantitative estimate of drug-likeness (QED) is 0.489. The normalized spacial score (nSPS) is 15.4. The second-order valence-electron chi connectivity index (χ2n) is 9.52. The van der Waals surface area contributed by atoms with Crippen LogP contribution in [0.5, 0.6) is 5.75 Å². The van der Waals surface area contributed by atoms with Crippen molar-refractivity contribution in [1.82, 2.24) is 15.2 Å². The molecule has 0 saturated carbocycles. The molecule has 4 rings (SSSR count). The summed E-state index contributed by atoms with van der Waals surface area (Å²) < 4.78 is 6.31. The number of rotatable bonds is 9. The second-order valence-corrected chi connectivity index (χ2v) is 9.52. The van der Waals surface area contributed by atoms with Gasteiger partial charge in [-0.05, 0) is 107 Å². The number of anilines is 1. The number of benzene rings is 2. The van der Waals surface area contributed by atoms with E-state index < -0.39 is 0 Å². The van der Waals surface area contributed by atoms with E-state index in [2.05, 4.69) is 33.8 Å².